The van der Waals surface area contributed by atoms with Crippen LogP contribution in [0.2, 0.25) is 0 Å². The second kappa shape index (κ2) is 8.50. The van der Waals surface area contributed by atoms with Gasteiger partial charge in [-0.1, -0.05) is 18.2 Å². The van der Waals surface area contributed by atoms with Crippen molar-refractivity contribution in [2.24, 2.45) is 0 Å². The number of methoxy groups -OCH3 is 1. The maximum Gasteiger partial charge on any atom is 0.257 e. The summed E-state index contributed by atoms with van der Waals surface area (Å²) in [5.41, 5.74) is 2.59. The molecule has 6 nitrogen and oxygen atoms in total. The Hall–Kier alpha value is -3.85. The first-order valence-electron chi connectivity index (χ1n) is 8.32. The number of amides is 1. The largest absolute Gasteiger partial charge is 0.497 e. The SMILES string of the molecule is COc1ccc(CNc2ccc(C(=O)Nc3cccc(C#N)c3)cn2)cc1. The first-order valence-corrected chi connectivity index (χ1v) is 8.32. The predicted molar refractivity (Wildman–Crippen MR) is 104 cm³/mol. The summed E-state index contributed by atoms with van der Waals surface area (Å²) >= 11 is 0. The summed E-state index contributed by atoms with van der Waals surface area (Å²) < 4.78 is 5.14. The van der Waals surface area contributed by atoms with Crippen molar-refractivity contribution in [3.05, 3.63) is 83.6 Å². The summed E-state index contributed by atoms with van der Waals surface area (Å²) in [6.07, 6.45) is 1.51. The normalized spacial score (nSPS) is 9.93. The van der Waals surface area contributed by atoms with Gasteiger partial charge in [-0.25, -0.2) is 4.98 Å². The van der Waals surface area contributed by atoms with Gasteiger partial charge in [0.15, 0.2) is 0 Å². The number of hydrogen-bond acceptors (Lipinski definition) is 5. The minimum atomic E-state index is -0.278. The Kier molecular flexibility index (Phi) is 5.65. The number of aromatic nitrogens is 1. The van der Waals surface area contributed by atoms with Crippen molar-refractivity contribution in [1.29, 1.82) is 5.26 Å². The number of rotatable bonds is 6. The third kappa shape index (κ3) is 4.83. The highest BCUT2D eigenvalue weighted by Crippen LogP contribution is 2.14. The molecule has 27 heavy (non-hydrogen) atoms. The second-order valence-corrected chi connectivity index (χ2v) is 5.78. The lowest BCUT2D eigenvalue weighted by Crippen LogP contribution is -2.12. The number of ether oxygens (including phenoxy) is 1. The van der Waals surface area contributed by atoms with Gasteiger partial charge in [0, 0.05) is 18.4 Å². The van der Waals surface area contributed by atoms with Gasteiger partial charge in [0.25, 0.3) is 5.91 Å². The van der Waals surface area contributed by atoms with Crippen LogP contribution >= 0.6 is 0 Å². The first-order chi connectivity index (χ1) is 13.2. The minimum Gasteiger partial charge on any atom is -0.497 e. The highest BCUT2D eigenvalue weighted by molar-refractivity contribution is 6.04. The van der Waals surface area contributed by atoms with E-state index in [1.165, 1.54) is 6.20 Å². The lowest BCUT2D eigenvalue weighted by atomic mass is 10.2. The van der Waals surface area contributed by atoms with Crippen molar-refractivity contribution in [2.75, 3.05) is 17.7 Å². The molecule has 0 aliphatic carbocycles. The van der Waals surface area contributed by atoms with E-state index < -0.39 is 0 Å². The van der Waals surface area contributed by atoms with Crippen LogP contribution in [0.25, 0.3) is 0 Å². The van der Waals surface area contributed by atoms with Gasteiger partial charge in [-0.2, -0.15) is 5.26 Å². The number of nitrogens with one attached hydrogen (secondary N) is 2. The van der Waals surface area contributed by atoms with E-state index in [9.17, 15) is 4.79 Å². The predicted octanol–water partition coefficient (Wildman–Crippen LogP) is 3.83. The number of carbonyl (C=O) groups is 1. The van der Waals surface area contributed by atoms with E-state index >= 15 is 0 Å². The van der Waals surface area contributed by atoms with E-state index in [-0.39, 0.29) is 5.91 Å². The first kappa shape index (κ1) is 18.0. The van der Waals surface area contributed by atoms with Crippen molar-refractivity contribution in [1.82, 2.24) is 4.98 Å². The molecule has 0 spiro atoms. The van der Waals surface area contributed by atoms with E-state index in [2.05, 4.69) is 15.6 Å². The van der Waals surface area contributed by atoms with Gasteiger partial charge < -0.3 is 15.4 Å². The maximum atomic E-state index is 12.3. The zero-order valence-electron chi connectivity index (χ0n) is 14.8. The lowest BCUT2D eigenvalue weighted by Gasteiger charge is -2.08. The molecule has 1 aromatic heterocycles. The average molecular weight is 358 g/mol. The molecule has 0 fully saturated rings. The van der Waals surface area contributed by atoms with Crippen LogP contribution in [0.3, 0.4) is 0 Å². The van der Waals surface area contributed by atoms with Crippen molar-refractivity contribution < 1.29 is 9.53 Å². The van der Waals surface area contributed by atoms with Crippen molar-refractivity contribution in [2.45, 2.75) is 6.54 Å². The van der Waals surface area contributed by atoms with Gasteiger partial charge in [0.1, 0.15) is 11.6 Å². The maximum absolute atomic E-state index is 12.3. The van der Waals surface area contributed by atoms with E-state index in [0.29, 0.717) is 29.2 Å². The third-order valence-corrected chi connectivity index (χ3v) is 3.91. The molecule has 0 unspecified atom stereocenters. The summed E-state index contributed by atoms with van der Waals surface area (Å²) in [5.74, 6) is 1.21. The molecule has 0 aliphatic rings. The smallest absolute Gasteiger partial charge is 0.257 e. The topological polar surface area (TPSA) is 87.0 Å². The molecule has 0 aliphatic heterocycles. The average Bonchev–Trinajstić information content (AvgIpc) is 2.73. The van der Waals surface area contributed by atoms with Crippen LogP contribution in [0.5, 0.6) is 5.75 Å². The Labute approximate surface area is 157 Å². The quantitative estimate of drug-likeness (QED) is 0.699. The highest BCUT2D eigenvalue weighted by Gasteiger charge is 2.07. The van der Waals surface area contributed by atoms with Crippen LogP contribution in [0.15, 0.2) is 66.9 Å². The number of nitrogens with zero attached hydrogens (tertiary/aromatic N) is 2. The molecule has 2 aromatic carbocycles. The summed E-state index contributed by atoms with van der Waals surface area (Å²) in [4.78, 5) is 16.6. The molecule has 6 heteroatoms. The molecular formula is C21H18N4O2. The number of benzene rings is 2. The number of nitriles is 1. The van der Waals surface area contributed by atoms with E-state index in [1.807, 2.05) is 30.3 Å². The zero-order valence-corrected chi connectivity index (χ0v) is 14.8. The summed E-state index contributed by atoms with van der Waals surface area (Å²) in [7, 11) is 1.63. The van der Waals surface area contributed by atoms with Crippen LogP contribution in [-0.4, -0.2) is 18.0 Å². The Bertz CT molecular complexity index is 961. The Balaban J connectivity index is 1.58. The van der Waals surface area contributed by atoms with Crippen molar-refractivity contribution in [3.63, 3.8) is 0 Å². The molecular weight excluding hydrogens is 340 g/mol. The fourth-order valence-corrected chi connectivity index (χ4v) is 2.44. The molecule has 3 aromatic rings. The molecule has 3 rings (SSSR count). The molecule has 1 heterocycles. The summed E-state index contributed by atoms with van der Waals surface area (Å²) in [6, 6.07) is 20.0. The number of anilines is 2. The molecule has 134 valence electrons. The van der Waals surface area contributed by atoms with Crippen molar-refractivity contribution in [3.8, 4) is 11.8 Å². The van der Waals surface area contributed by atoms with Gasteiger partial charge in [-0.3, -0.25) is 4.79 Å². The fourth-order valence-electron chi connectivity index (χ4n) is 2.44. The lowest BCUT2D eigenvalue weighted by molar-refractivity contribution is 0.102. The van der Waals surface area contributed by atoms with Crippen LogP contribution in [0, 0.1) is 11.3 Å². The van der Waals surface area contributed by atoms with Gasteiger partial charge >= 0.3 is 0 Å². The molecule has 1 amide bonds. The minimum absolute atomic E-state index is 0.278. The molecule has 2 N–H and O–H groups in total. The Morgan fingerprint density at radius 1 is 1.15 bits per heavy atom. The van der Waals surface area contributed by atoms with Gasteiger partial charge in [0.05, 0.1) is 24.3 Å². The zero-order chi connectivity index (χ0) is 19.1. The molecule has 0 radical (unpaired) electrons. The fraction of sp³-hybridized carbons (Fsp3) is 0.0952. The molecule has 0 saturated heterocycles. The standard InChI is InChI=1S/C21H18N4O2/c1-27-19-8-5-15(6-9-19)13-23-20-10-7-17(14-24-20)21(26)25-18-4-2-3-16(11-18)12-22/h2-11,14H,13H2,1H3,(H,23,24)(H,25,26). The van der Waals surface area contributed by atoms with Gasteiger partial charge in [-0.15, -0.1) is 0 Å². The van der Waals surface area contributed by atoms with E-state index in [4.69, 9.17) is 10.00 Å². The molecule has 0 bridgehead atoms. The Morgan fingerprint density at radius 2 is 1.96 bits per heavy atom. The number of pyridine rings is 1. The van der Waals surface area contributed by atoms with Crippen molar-refractivity contribution >= 4 is 17.4 Å². The third-order valence-electron chi connectivity index (χ3n) is 3.91. The summed E-state index contributed by atoms with van der Waals surface area (Å²) in [5, 5.41) is 14.9. The van der Waals surface area contributed by atoms with Crippen LogP contribution < -0.4 is 15.4 Å². The Morgan fingerprint density at radius 3 is 2.63 bits per heavy atom. The highest BCUT2D eigenvalue weighted by atomic mass is 16.5. The van der Waals surface area contributed by atoms with Gasteiger partial charge in [-0.05, 0) is 48.0 Å². The van der Waals surface area contributed by atoms with E-state index in [0.717, 1.165) is 11.3 Å². The molecule has 0 saturated carbocycles. The van der Waals surface area contributed by atoms with Gasteiger partial charge in [0.2, 0.25) is 0 Å². The molecule has 0 atom stereocenters. The second-order valence-electron chi connectivity index (χ2n) is 5.78. The summed E-state index contributed by atoms with van der Waals surface area (Å²) in [6.45, 7) is 0.615. The monoisotopic (exact) mass is 358 g/mol. The van der Waals surface area contributed by atoms with Crippen LogP contribution in [-0.2, 0) is 6.54 Å². The van der Waals surface area contributed by atoms with Crippen LogP contribution in [0.4, 0.5) is 11.5 Å². The van der Waals surface area contributed by atoms with E-state index in [1.54, 1.807) is 43.5 Å². The number of carbonyl (C=O) groups excluding carboxylic acids is 1. The number of hydrogen-bond donors (Lipinski definition) is 2. The van der Waals surface area contributed by atoms with Crippen LogP contribution in [0.1, 0.15) is 21.5 Å².